The molecule has 0 aliphatic rings. The van der Waals surface area contributed by atoms with Gasteiger partial charge in [-0.1, -0.05) is 34.1 Å². The van der Waals surface area contributed by atoms with Crippen LogP contribution in [-0.2, 0) is 22.6 Å². The molecule has 0 fully saturated rings. The molecule has 0 heterocycles. The van der Waals surface area contributed by atoms with Gasteiger partial charge < -0.3 is 19.7 Å². The van der Waals surface area contributed by atoms with Gasteiger partial charge >= 0.3 is 0 Å². The molecular weight excluding hydrogens is 472 g/mol. The molecule has 0 unspecified atom stereocenters. The molecule has 1 atom stereocenters. The molecule has 0 aliphatic carbocycles. The van der Waals surface area contributed by atoms with E-state index in [2.05, 4.69) is 21.2 Å². The Morgan fingerprint density at radius 2 is 1.72 bits per heavy atom. The van der Waals surface area contributed by atoms with Crippen LogP contribution in [0.3, 0.4) is 0 Å². The van der Waals surface area contributed by atoms with Gasteiger partial charge in [0.2, 0.25) is 11.8 Å². The minimum atomic E-state index is -0.605. The summed E-state index contributed by atoms with van der Waals surface area (Å²) in [7, 11) is 3.17. The third kappa shape index (κ3) is 7.55. The number of hydrogen-bond acceptors (Lipinski definition) is 4. The van der Waals surface area contributed by atoms with Crippen LogP contribution in [0.1, 0.15) is 45.2 Å². The van der Waals surface area contributed by atoms with E-state index in [0.717, 1.165) is 15.6 Å². The smallest absolute Gasteiger partial charge is 0.242 e. The van der Waals surface area contributed by atoms with E-state index in [1.807, 2.05) is 63.2 Å². The number of nitrogens with zero attached hydrogens (tertiary/aromatic N) is 1. The van der Waals surface area contributed by atoms with Gasteiger partial charge in [0.1, 0.15) is 6.04 Å². The van der Waals surface area contributed by atoms with E-state index >= 15 is 0 Å². The van der Waals surface area contributed by atoms with Gasteiger partial charge in [-0.15, -0.1) is 0 Å². The number of nitrogens with one attached hydrogen (secondary N) is 1. The zero-order valence-corrected chi connectivity index (χ0v) is 21.3. The lowest BCUT2D eigenvalue weighted by Gasteiger charge is -2.31. The summed E-state index contributed by atoms with van der Waals surface area (Å²) in [5.41, 5.74) is 1.54. The van der Waals surface area contributed by atoms with Gasteiger partial charge in [0, 0.05) is 23.0 Å². The predicted molar refractivity (Wildman–Crippen MR) is 130 cm³/mol. The average molecular weight is 505 g/mol. The molecular formula is C25H33BrN2O4. The molecule has 1 N–H and O–H groups in total. The van der Waals surface area contributed by atoms with E-state index in [1.165, 1.54) is 0 Å². The number of amides is 2. The van der Waals surface area contributed by atoms with Crippen LogP contribution < -0.4 is 14.8 Å². The molecule has 174 valence electrons. The van der Waals surface area contributed by atoms with Crippen LogP contribution >= 0.6 is 15.9 Å². The maximum absolute atomic E-state index is 13.3. The number of rotatable bonds is 9. The van der Waals surface area contributed by atoms with Gasteiger partial charge in [-0.25, -0.2) is 0 Å². The molecule has 0 saturated heterocycles. The Morgan fingerprint density at radius 1 is 1.03 bits per heavy atom. The van der Waals surface area contributed by atoms with Gasteiger partial charge in [0.05, 0.1) is 14.2 Å². The highest BCUT2D eigenvalue weighted by molar-refractivity contribution is 9.10. The molecule has 2 aromatic carbocycles. The number of ether oxygens (including phenoxy) is 2. The topological polar surface area (TPSA) is 67.9 Å². The van der Waals surface area contributed by atoms with Crippen LogP contribution in [0.15, 0.2) is 46.9 Å². The number of carbonyl (C=O) groups excluding carboxylic acids is 2. The van der Waals surface area contributed by atoms with E-state index < -0.39 is 6.04 Å². The quantitative estimate of drug-likeness (QED) is 0.535. The third-order valence-corrected chi connectivity index (χ3v) is 5.48. The molecule has 0 aromatic heterocycles. The van der Waals surface area contributed by atoms with Crippen LogP contribution in [-0.4, -0.2) is 42.5 Å². The van der Waals surface area contributed by atoms with Gasteiger partial charge in [0.25, 0.3) is 0 Å². The van der Waals surface area contributed by atoms with E-state index in [-0.39, 0.29) is 23.8 Å². The number of methoxy groups -OCH3 is 2. The van der Waals surface area contributed by atoms with E-state index in [4.69, 9.17) is 9.47 Å². The highest BCUT2D eigenvalue weighted by atomic mass is 79.9. The Morgan fingerprint density at radius 3 is 2.31 bits per heavy atom. The van der Waals surface area contributed by atoms with Crippen molar-refractivity contribution in [2.24, 2.45) is 0 Å². The SMILES string of the molecule is COc1ccc(CCC(=O)N(Cc2cccc(Br)c2)[C@H](C)C(=O)NC(C)(C)C)cc1OC. The number of carbonyl (C=O) groups is 2. The Balaban J connectivity index is 2.20. The highest BCUT2D eigenvalue weighted by Gasteiger charge is 2.28. The second kappa shape index (κ2) is 11.4. The molecule has 0 spiro atoms. The van der Waals surface area contributed by atoms with Crippen LogP contribution in [0.5, 0.6) is 11.5 Å². The number of aryl methyl sites for hydroxylation is 1. The zero-order valence-electron chi connectivity index (χ0n) is 19.7. The van der Waals surface area contributed by atoms with Crippen molar-refractivity contribution in [3.63, 3.8) is 0 Å². The monoisotopic (exact) mass is 504 g/mol. The lowest BCUT2D eigenvalue weighted by Crippen LogP contribution is -2.52. The zero-order chi connectivity index (χ0) is 23.9. The van der Waals surface area contributed by atoms with Crippen molar-refractivity contribution >= 4 is 27.7 Å². The Bertz CT molecular complexity index is 940. The van der Waals surface area contributed by atoms with Crippen LogP contribution in [0, 0.1) is 0 Å². The Labute approximate surface area is 199 Å². The van der Waals surface area contributed by atoms with Gasteiger partial charge in [-0.2, -0.15) is 0 Å². The van der Waals surface area contributed by atoms with Crippen molar-refractivity contribution in [2.45, 2.75) is 58.7 Å². The van der Waals surface area contributed by atoms with Crippen molar-refractivity contribution in [1.29, 1.82) is 0 Å². The summed E-state index contributed by atoms with van der Waals surface area (Å²) in [6, 6.07) is 12.8. The minimum absolute atomic E-state index is 0.0867. The van der Waals surface area contributed by atoms with Crippen molar-refractivity contribution in [3.8, 4) is 11.5 Å². The van der Waals surface area contributed by atoms with Gasteiger partial charge in [-0.05, 0) is 69.5 Å². The average Bonchev–Trinajstić information content (AvgIpc) is 2.73. The largest absolute Gasteiger partial charge is 0.493 e. The number of halogens is 1. The van der Waals surface area contributed by atoms with Crippen molar-refractivity contribution in [2.75, 3.05) is 14.2 Å². The molecule has 0 radical (unpaired) electrons. The Hall–Kier alpha value is -2.54. The molecule has 2 rings (SSSR count). The fraction of sp³-hybridized carbons (Fsp3) is 0.440. The van der Waals surface area contributed by atoms with E-state index in [0.29, 0.717) is 24.5 Å². The van der Waals surface area contributed by atoms with Gasteiger partial charge in [-0.3, -0.25) is 9.59 Å². The fourth-order valence-electron chi connectivity index (χ4n) is 3.32. The molecule has 0 aliphatic heterocycles. The first-order chi connectivity index (χ1) is 15.0. The second-order valence-electron chi connectivity index (χ2n) is 8.76. The summed E-state index contributed by atoms with van der Waals surface area (Å²) in [5, 5.41) is 2.98. The molecule has 32 heavy (non-hydrogen) atoms. The first-order valence-electron chi connectivity index (χ1n) is 10.6. The molecule has 2 amide bonds. The summed E-state index contributed by atoms with van der Waals surface area (Å²) < 4.78 is 11.6. The first-order valence-corrected chi connectivity index (χ1v) is 11.4. The van der Waals surface area contributed by atoms with Crippen molar-refractivity contribution in [3.05, 3.63) is 58.1 Å². The van der Waals surface area contributed by atoms with Crippen molar-refractivity contribution < 1.29 is 19.1 Å². The standard InChI is InChI=1S/C25H33BrN2O4/c1-17(24(30)27-25(2,3)4)28(16-19-8-7-9-20(26)14-19)23(29)13-11-18-10-12-21(31-5)22(15-18)32-6/h7-10,12,14-15,17H,11,13,16H2,1-6H3,(H,27,30)/t17-/m1/s1. The maximum atomic E-state index is 13.3. The van der Waals surface area contributed by atoms with Crippen LogP contribution in [0.25, 0.3) is 0 Å². The van der Waals surface area contributed by atoms with Crippen molar-refractivity contribution in [1.82, 2.24) is 10.2 Å². The fourth-order valence-corrected chi connectivity index (χ4v) is 3.77. The Kier molecular flexibility index (Phi) is 9.13. The van der Waals surface area contributed by atoms with Crippen LogP contribution in [0.4, 0.5) is 0 Å². The summed E-state index contributed by atoms with van der Waals surface area (Å²) >= 11 is 3.48. The van der Waals surface area contributed by atoms with E-state index in [1.54, 1.807) is 26.0 Å². The number of hydrogen-bond donors (Lipinski definition) is 1. The summed E-state index contributed by atoms with van der Waals surface area (Å²) in [6.07, 6.45) is 0.804. The molecule has 0 saturated carbocycles. The predicted octanol–water partition coefficient (Wildman–Crippen LogP) is 4.73. The highest BCUT2D eigenvalue weighted by Crippen LogP contribution is 2.28. The summed E-state index contributed by atoms with van der Waals surface area (Å²) in [4.78, 5) is 27.8. The lowest BCUT2D eigenvalue weighted by molar-refractivity contribution is -0.141. The maximum Gasteiger partial charge on any atom is 0.242 e. The second-order valence-corrected chi connectivity index (χ2v) is 9.67. The molecule has 0 bridgehead atoms. The molecule has 2 aromatic rings. The minimum Gasteiger partial charge on any atom is -0.493 e. The van der Waals surface area contributed by atoms with Gasteiger partial charge in [0.15, 0.2) is 11.5 Å². The third-order valence-electron chi connectivity index (χ3n) is 4.98. The first kappa shape index (κ1) is 25.7. The lowest BCUT2D eigenvalue weighted by atomic mass is 10.1. The van der Waals surface area contributed by atoms with Crippen LogP contribution in [0.2, 0.25) is 0 Å². The summed E-state index contributed by atoms with van der Waals surface area (Å²) in [5.74, 6) is 1.01. The number of benzene rings is 2. The molecule has 6 nitrogen and oxygen atoms in total. The molecule has 7 heteroatoms. The normalized spacial score (nSPS) is 12.1. The van der Waals surface area contributed by atoms with E-state index in [9.17, 15) is 9.59 Å². The summed E-state index contributed by atoms with van der Waals surface area (Å²) in [6.45, 7) is 7.90.